The highest BCUT2D eigenvalue weighted by Crippen LogP contribution is 2.28. The average Bonchev–Trinajstić information content (AvgIpc) is 3.33. The lowest BCUT2D eigenvalue weighted by molar-refractivity contribution is 0.102. The summed E-state index contributed by atoms with van der Waals surface area (Å²) in [7, 11) is 0. The van der Waals surface area contributed by atoms with Gasteiger partial charge in [0, 0.05) is 6.42 Å². The van der Waals surface area contributed by atoms with E-state index in [4.69, 9.17) is 0 Å². The van der Waals surface area contributed by atoms with E-state index in [1.807, 2.05) is 30.7 Å². The number of hydrogen-bond acceptors (Lipinski definition) is 8. The van der Waals surface area contributed by atoms with Crippen LogP contribution in [0.25, 0.3) is 10.7 Å². The molecule has 1 N–H and O–H groups in total. The Morgan fingerprint density at radius 1 is 1.26 bits per heavy atom. The predicted octanol–water partition coefficient (Wildman–Crippen LogP) is 5.07. The molecule has 0 atom stereocenters. The number of hydrogen-bond donors (Lipinski definition) is 1. The summed E-state index contributed by atoms with van der Waals surface area (Å²) >= 11 is 4.45. The lowest BCUT2D eigenvalue weighted by Gasteiger charge is -2.10. The van der Waals surface area contributed by atoms with Crippen LogP contribution in [0.15, 0.2) is 22.5 Å². The molecule has 3 aromatic rings. The van der Waals surface area contributed by atoms with Gasteiger partial charge in [0.15, 0.2) is 5.82 Å². The number of anilines is 1. The Labute approximate surface area is 170 Å². The van der Waals surface area contributed by atoms with Gasteiger partial charge < -0.3 is 0 Å². The Kier molecular flexibility index (Phi) is 6.92. The molecule has 0 spiro atoms. The second kappa shape index (κ2) is 9.38. The number of unbranched alkanes of at least 4 members (excludes halogenated alkanes) is 2. The molecule has 1 amide bonds. The summed E-state index contributed by atoms with van der Waals surface area (Å²) in [6, 6.07) is 3.94. The lowest BCUT2D eigenvalue weighted by Crippen LogP contribution is -2.16. The lowest BCUT2D eigenvalue weighted by atomic mass is 10.2. The quantitative estimate of drug-likeness (QED) is 0.312. The molecule has 27 heavy (non-hydrogen) atoms. The molecular weight excluding hydrogens is 398 g/mol. The van der Waals surface area contributed by atoms with Crippen molar-refractivity contribution in [2.75, 3.05) is 11.6 Å². The van der Waals surface area contributed by atoms with Crippen LogP contribution in [0.2, 0.25) is 0 Å². The molecule has 0 saturated heterocycles. The van der Waals surface area contributed by atoms with Gasteiger partial charge in [-0.2, -0.15) is 0 Å². The molecule has 3 aromatic heterocycles. The van der Waals surface area contributed by atoms with E-state index in [1.54, 1.807) is 11.3 Å². The van der Waals surface area contributed by atoms with Crippen LogP contribution in [-0.4, -0.2) is 32.3 Å². The fourth-order valence-electron chi connectivity index (χ4n) is 2.56. The zero-order valence-electron chi connectivity index (χ0n) is 15.5. The van der Waals surface area contributed by atoms with Crippen molar-refractivity contribution in [3.05, 3.63) is 33.8 Å². The Balaban J connectivity index is 1.78. The standard InChI is InChI=1S/C18H21N5OS3/c1-4-5-6-9-13-22-23-18(27-13)21-16(24)14-11(2)19-15(20-17(14)25-3)12-8-7-10-26-12/h7-8,10H,4-6,9H2,1-3H3,(H,21,23,24). The molecule has 0 aromatic carbocycles. The maximum atomic E-state index is 12.8. The topological polar surface area (TPSA) is 80.7 Å². The van der Waals surface area contributed by atoms with Gasteiger partial charge in [0.2, 0.25) is 5.13 Å². The highest BCUT2D eigenvalue weighted by Gasteiger charge is 2.20. The first-order chi connectivity index (χ1) is 13.1. The largest absolute Gasteiger partial charge is 0.296 e. The minimum absolute atomic E-state index is 0.245. The van der Waals surface area contributed by atoms with Gasteiger partial charge in [-0.15, -0.1) is 33.3 Å². The van der Waals surface area contributed by atoms with Gasteiger partial charge in [-0.3, -0.25) is 10.1 Å². The van der Waals surface area contributed by atoms with Crippen molar-refractivity contribution >= 4 is 45.5 Å². The SMILES string of the molecule is CCCCCc1nnc(NC(=O)c2c(C)nc(-c3cccs3)nc2SC)s1. The average molecular weight is 420 g/mol. The molecule has 0 radical (unpaired) electrons. The smallest absolute Gasteiger partial charge is 0.262 e. The van der Waals surface area contributed by atoms with Gasteiger partial charge in [0.25, 0.3) is 5.91 Å². The van der Waals surface area contributed by atoms with Crippen LogP contribution in [0.3, 0.4) is 0 Å². The Morgan fingerprint density at radius 3 is 2.81 bits per heavy atom. The maximum Gasteiger partial charge on any atom is 0.262 e. The summed E-state index contributed by atoms with van der Waals surface area (Å²) in [5, 5.41) is 15.2. The van der Waals surface area contributed by atoms with E-state index in [9.17, 15) is 4.79 Å². The summed E-state index contributed by atoms with van der Waals surface area (Å²) < 4.78 is 0. The van der Waals surface area contributed by atoms with Crippen molar-refractivity contribution in [2.24, 2.45) is 0 Å². The van der Waals surface area contributed by atoms with Gasteiger partial charge in [0.05, 0.1) is 16.1 Å². The van der Waals surface area contributed by atoms with Gasteiger partial charge >= 0.3 is 0 Å². The van der Waals surface area contributed by atoms with E-state index in [0.717, 1.165) is 22.7 Å². The second-order valence-corrected chi connectivity index (χ2v) is 8.71. The zero-order valence-corrected chi connectivity index (χ0v) is 17.9. The number of amides is 1. The third-order valence-corrected chi connectivity index (χ3v) is 6.35. The Bertz CT molecular complexity index is 908. The Hall–Kier alpha value is -1.84. The summed E-state index contributed by atoms with van der Waals surface area (Å²) in [5.41, 5.74) is 1.15. The van der Waals surface area contributed by atoms with Crippen LogP contribution in [-0.2, 0) is 6.42 Å². The van der Waals surface area contributed by atoms with Crippen molar-refractivity contribution in [2.45, 2.75) is 44.6 Å². The van der Waals surface area contributed by atoms with Crippen LogP contribution in [0.1, 0.15) is 47.2 Å². The number of nitrogens with zero attached hydrogens (tertiary/aromatic N) is 4. The van der Waals surface area contributed by atoms with Crippen LogP contribution in [0.4, 0.5) is 5.13 Å². The first-order valence-electron chi connectivity index (χ1n) is 8.72. The van der Waals surface area contributed by atoms with E-state index in [0.29, 0.717) is 27.2 Å². The van der Waals surface area contributed by atoms with E-state index in [-0.39, 0.29) is 5.91 Å². The summed E-state index contributed by atoms with van der Waals surface area (Å²) in [6.07, 6.45) is 6.24. The van der Waals surface area contributed by atoms with Crippen LogP contribution in [0.5, 0.6) is 0 Å². The van der Waals surface area contributed by atoms with E-state index in [1.165, 1.54) is 35.9 Å². The fraction of sp³-hybridized carbons (Fsp3) is 0.389. The second-order valence-electron chi connectivity index (χ2n) is 5.91. The van der Waals surface area contributed by atoms with E-state index in [2.05, 4.69) is 32.4 Å². The van der Waals surface area contributed by atoms with Crippen LogP contribution < -0.4 is 5.32 Å². The van der Waals surface area contributed by atoms with Crippen molar-refractivity contribution in [1.29, 1.82) is 0 Å². The van der Waals surface area contributed by atoms with E-state index < -0.39 is 0 Å². The van der Waals surface area contributed by atoms with Crippen molar-refractivity contribution in [1.82, 2.24) is 20.2 Å². The fourth-order valence-corrected chi connectivity index (χ4v) is 4.62. The summed E-state index contributed by atoms with van der Waals surface area (Å²) in [4.78, 5) is 22.9. The molecule has 0 bridgehead atoms. The molecular formula is C18H21N5OS3. The number of aromatic nitrogens is 4. The number of rotatable bonds is 8. The highest BCUT2D eigenvalue weighted by molar-refractivity contribution is 7.98. The molecule has 3 heterocycles. The molecule has 0 aliphatic heterocycles. The molecule has 9 heteroatoms. The maximum absolute atomic E-state index is 12.8. The number of thioether (sulfide) groups is 1. The third kappa shape index (κ3) is 4.91. The summed E-state index contributed by atoms with van der Waals surface area (Å²) in [6.45, 7) is 4.01. The molecule has 142 valence electrons. The molecule has 0 aliphatic carbocycles. The minimum Gasteiger partial charge on any atom is -0.296 e. The summed E-state index contributed by atoms with van der Waals surface area (Å²) in [5.74, 6) is 0.406. The number of aryl methyl sites for hydroxylation is 2. The van der Waals surface area contributed by atoms with Gasteiger partial charge in [-0.05, 0) is 31.0 Å². The molecule has 0 aliphatic rings. The highest BCUT2D eigenvalue weighted by atomic mass is 32.2. The first kappa shape index (κ1) is 19.9. The predicted molar refractivity (Wildman–Crippen MR) is 113 cm³/mol. The van der Waals surface area contributed by atoms with E-state index >= 15 is 0 Å². The van der Waals surface area contributed by atoms with Gasteiger partial charge in [-0.25, -0.2) is 9.97 Å². The molecule has 0 fully saturated rings. The molecule has 6 nitrogen and oxygen atoms in total. The molecule has 0 unspecified atom stereocenters. The third-order valence-electron chi connectivity index (χ3n) is 3.90. The monoisotopic (exact) mass is 419 g/mol. The number of carbonyl (C=O) groups excluding carboxylic acids is 1. The number of carbonyl (C=O) groups is 1. The number of nitrogens with one attached hydrogen (secondary N) is 1. The van der Waals surface area contributed by atoms with Gasteiger partial charge in [-0.1, -0.05) is 37.2 Å². The normalized spacial score (nSPS) is 10.9. The van der Waals surface area contributed by atoms with Crippen LogP contribution in [0, 0.1) is 6.92 Å². The minimum atomic E-state index is -0.245. The number of thiophene rings is 1. The first-order valence-corrected chi connectivity index (χ1v) is 11.6. The van der Waals surface area contributed by atoms with Crippen molar-refractivity contribution < 1.29 is 4.79 Å². The van der Waals surface area contributed by atoms with Gasteiger partial charge in [0.1, 0.15) is 10.0 Å². The zero-order chi connectivity index (χ0) is 19.2. The molecule has 3 rings (SSSR count). The Morgan fingerprint density at radius 2 is 2.11 bits per heavy atom. The van der Waals surface area contributed by atoms with Crippen molar-refractivity contribution in [3.63, 3.8) is 0 Å². The molecule has 0 saturated carbocycles. The van der Waals surface area contributed by atoms with Crippen LogP contribution >= 0.6 is 34.4 Å². The van der Waals surface area contributed by atoms with Crippen molar-refractivity contribution in [3.8, 4) is 10.7 Å².